The van der Waals surface area contributed by atoms with Crippen LogP contribution in [0.4, 0.5) is 10.2 Å². The van der Waals surface area contributed by atoms with Crippen LogP contribution in [-0.2, 0) is 4.74 Å². The third-order valence-electron chi connectivity index (χ3n) is 4.50. The van der Waals surface area contributed by atoms with Crippen molar-refractivity contribution in [3.63, 3.8) is 0 Å². The van der Waals surface area contributed by atoms with Crippen molar-refractivity contribution in [2.24, 2.45) is 0 Å². The van der Waals surface area contributed by atoms with Crippen molar-refractivity contribution in [1.29, 1.82) is 0 Å². The molecule has 0 unspecified atom stereocenters. The number of aromatic nitrogens is 2. The van der Waals surface area contributed by atoms with Crippen LogP contribution in [0.3, 0.4) is 0 Å². The van der Waals surface area contributed by atoms with Gasteiger partial charge in [0.1, 0.15) is 35.9 Å². The van der Waals surface area contributed by atoms with Crippen molar-refractivity contribution in [2.75, 3.05) is 44.7 Å². The molecule has 0 bridgehead atoms. The molecule has 0 radical (unpaired) electrons. The fourth-order valence-electron chi connectivity index (χ4n) is 3.12. The van der Waals surface area contributed by atoms with Gasteiger partial charge < -0.3 is 15.0 Å². The van der Waals surface area contributed by atoms with Gasteiger partial charge in [-0.25, -0.2) is 14.4 Å². The highest BCUT2D eigenvalue weighted by Crippen LogP contribution is 2.36. The largest absolute Gasteiger partial charge is 0.370 e. The van der Waals surface area contributed by atoms with E-state index < -0.39 is 0 Å². The van der Waals surface area contributed by atoms with Gasteiger partial charge in [-0.15, -0.1) is 11.3 Å². The Morgan fingerprint density at radius 2 is 1.96 bits per heavy atom. The van der Waals surface area contributed by atoms with Crippen molar-refractivity contribution in [1.82, 2.24) is 9.97 Å². The van der Waals surface area contributed by atoms with Crippen molar-refractivity contribution in [2.45, 2.75) is 0 Å². The lowest BCUT2D eigenvalue weighted by molar-refractivity contribution is -0.906. The van der Waals surface area contributed by atoms with Crippen LogP contribution in [0.15, 0.2) is 36.0 Å². The molecule has 1 fully saturated rings. The number of anilines is 1. The molecular weight excluding hydrogens is 339 g/mol. The monoisotopic (exact) mass is 359 g/mol. The summed E-state index contributed by atoms with van der Waals surface area (Å²) in [6.45, 7) is 5.67. The maximum Gasteiger partial charge on any atom is 0.139 e. The first kappa shape index (κ1) is 16.4. The van der Waals surface area contributed by atoms with Crippen LogP contribution < -0.4 is 10.2 Å². The molecule has 7 heteroatoms. The SMILES string of the molecule is Fc1ccc(-c2csc3ncnc(NCC[NH+]4CCOCC4)c23)cc1. The molecule has 130 valence electrons. The summed E-state index contributed by atoms with van der Waals surface area (Å²) in [5.41, 5.74) is 2.02. The first-order valence-electron chi connectivity index (χ1n) is 8.44. The van der Waals surface area contributed by atoms with Gasteiger partial charge in [-0.05, 0) is 17.7 Å². The minimum absolute atomic E-state index is 0.230. The van der Waals surface area contributed by atoms with Gasteiger partial charge in [-0.3, -0.25) is 0 Å². The van der Waals surface area contributed by atoms with Crippen LogP contribution in [0.2, 0.25) is 0 Å². The van der Waals surface area contributed by atoms with Crippen LogP contribution >= 0.6 is 11.3 Å². The fourth-order valence-corrected chi connectivity index (χ4v) is 4.03. The molecule has 1 aliphatic rings. The lowest BCUT2D eigenvalue weighted by Crippen LogP contribution is -3.14. The van der Waals surface area contributed by atoms with E-state index in [4.69, 9.17) is 4.74 Å². The smallest absolute Gasteiger partial charge is 0.139 e. The van der Waals surface area contributed by atoms with E-state index in [2.05, 4.69) is 20.7 Å². The van der Waals surface area contributed by atoms with E-state index in [0.717, 1.165) is 66.6 Å². The molecule has 1 aromatic carbocycles. The second kappa shape index (κ2) is 7.43. The number of nitrogens with one attached hydrogen (secondary N) is 2. The molecule has 0 amide bonds. The van der Waals surface area contributed by atoms with Gasteiger partial charge in [0.2, 0.25) is 0 Å². The molecule has 1 aliphatic heterocycles. The number of morpholine rings is 1. The lowest BCUT2D eigenvalue weighted by Gasteiger charge is -2.23. The average molecular weight is 359 g/mol. The van der Waals surface area contributed by atoms with E-state index in [-0.39, 0.29) is 5.82 Å². The topological polar surface area (TPSA) is 51.5 Å². The third-order valence-corrected chi connectivity index (χ3v) is 5.38. The Morgan fingerprint density at radius 1 is 1.16 bits per heavy atom. The molecule has 0 saturated carbocycles. The molecule has 0 aliphatic carbocycles. The number of hydrogen-bond donors (Lipinski definition) is 2. The molecular formula is C18H20FN4OS+. The first-order chi connectivity index (χ1) is 12.3. The molecule has 0 atom stereocenters. The molecule has 1 saturated heterocycles. The lowest BCUT2D eigenvalue weighted by atomic mass is 10.1. The predicted octanol–water partition coefficient (Wildman–Crippen LogP) is 1.82. The number of halogens is 1. The van der Waals surface area contributed by atoms with Crippen molar-refractivity contribution in [3.8, 4) is 11.1 Å². The van der Waals surface area contributed by atoms with Crippen molar-refractivity contribution >= 4 is 27.4 Å². The normalized spacial score (nSPS) is 15.6. The highest BCUT2D eigenvalue weighted by atomic mass is 32.1. The molecule has 3 heterocycles. The van der Waals surface area contributed by atoms with Gasteiger partial charge in [-0.2, -0.15) is 0 Å². The van der Waals surface area contributed by atoms with E-state index in [9.17, 15) is 4.39 Å². The first-order valence-corrected chi connectivity index (χ1v) is 9.32. The van der Waals surface area contributed by atoms with E-state index in [1.165, 1.54) is 12.1 Å². The highest BCUT2D eigenvalue weighted by Gasteiger charge is 2.15. The summed E-state index contributed by atoms with van der Waals surface area (Å²) in [5.74, 6) is 0.615. The van der Waals surface area contributed by atoms with Crippen LogP contribution in [0.1, 0.15) is 0 Å². The van der Waals surface area contributed by atoms with Crippen LogP contribution in [-0.4, -0.2) is 49.4 Å². The molecule has 5 nitrogen and oxygen atoms in total. The van der Waals surface area contributed by atoms with E-state index in [1.807, 2.05) is 0 Å². The Bertz CT molecular complexity index is 846. The molecule has 0 spiro atoms. The summed E-state index contributed by atoms with van der Waals surface area (Å²) in [6.07, 6.45) is 1.59. The summed E-state index contributed by atoms with van der Waals surface area (Å²) in [7, 11) is 0. The zero-order chi connectivity index (χ0) is 17.1. The number of nitrogens with zero attached hydrogens (tertiary/aromatic N) is 2. The molecule has 4 rings (SSSR count). The Balaban J connectivity index is 1.56. The number of benzene rings is 1. The quantitative estimate of drug-likeness (QED) is 0.730. The molecule has 2 N–H and O–H groups in total. The number of rotatable bonds is 5. The molecule has 3 aromatic rings. The third kappa shape index (κ3) is 3.63. The maximum absolute atomic E-state index is 13.2. The van der Waals surface area contributed by atoms with Crippen LogP contribution in [0, 0.1) is 5.82 Å². The van der Waals surface area contributed by atoms with Gasteiger partial charge >= 0.3 is 0 Å². The van der Waals surface area contributed by atoms with Crippen molar-refractivity contribution < 1.29 is 14.0 Å². The van der Waals surface area contributed by atoms with Gasteiger partial charge in [0.25, 0.3) is 0 Å². The van der Waals surface area contributed by atoms with Crippen LogP contribution in [0.25, 0.3) is 21.3 Å². The molecule has 2 aromatic heterocycles. The number of thiophene rings is 1. The second-order valence-corrected chi connectivity index (χ2v) is 6.96. The second-order valence-electron chi connectivity index (χ2n) is 6.10. The summed E-state index contributed by atoms with van der Waals surface area (Å²) in [5, 5.41) is 6.53. The van der Waals surface area contributed by atoms with Gasteiger partial charge in [0.05, 0.1) is 31.7 Å². The van der Waals surface area contributed by atoms with E-state index >= 15 is 0 Å². The number of fused-ring (bicyclic) bond motifs is 1. The minimum atomic E-state index is -0.230. The Hall–Kier alpha value is -2.09. The summed E-state index contributed by atoms with van der Waals surface area (Å²) < 4.78 is 18.6. The number of ether oxygens (including phenoxy) is 1. The van der Waals surface area contributed by atoms with Gasteiger partial charge in [0.15, 0.2) is 0 Å². The number of quaternary nitrogens is 1. The Kier molecular flexibility index (Phi) is 4.87. The van der Waals surface area contributed by atoms with Gasteiger partial charge in [-0.1, -0.05) is 12.1 Å². The standard InChI is InChI=1S/C18H19FN4OS/c19-14-3-1-13(2-4-14)15-11-25-18-16(15)17(21-12-22-18)20-5-6-23-7-9-24-10-8-23/h1-4,11-12H,5-10H2,(H,20,21,22)/p+1. The fraction of sp³-hybridized carbons (Fsp3) is 0.333. The summed E-state index contributed by atoms with van der Waals surface area (Å²) in [6, 6.07) is 6.56. The summed E-state index contributed by atoms with van der Waals surface area (Å²) in [4.78, 5) is 11.3. The zero-order valence-corrected chi connectivity index (χ0v) is 14.6. The summed E-state index contributed by atoms with van der Waals surface area (Å²) >= 11 is 1.58. The Labute approximate surface area is 149 Å². The van der Waals surface area contributed by atoms with Gasteiger partial charge in [0, 0.05) is 10.9 Å². The zero-order valence-electron chi connectivity index (χ0n) is 13.8. The number of hydrogen-bond acceptors (Lipinski definition) is 5. The van der Waals surface area contributed by atoms with Crippen molar-refractivity contribution in [3.05, 3.63) is 41.8 Å². The maximum atomic E-state index is 13.2. The average Bonchev–Trinajstić information content (AvgIpc) is 3.08. The Morgan fingerprint density at radius 3 is 2.76 bits per heavy atom. The highest BCUT2D eigenvalue weighted by molar-refractivity contribution is 7.17. The predicted molar refractivity (Wildman–Crippen MR) is 97.7 cm³/mol. The minimum Gasteiger partial charge on any atom is -0.370 e. The van der Waals surface area contributed by atoms with E-state index in [1.54, 1.807) is 34.7 Å². The molecule has 25 heavy (non-hydrogen) atoms. The van der Waals surface area contributed by atoms with E-state index in [0.29, 0.717) is 0 Å². The van der Waals surface area contributed by atoms with Crippen LogP contribution in [0.5, 0.6) is 0 Å².